The molecule has 0 spiro atoms. The number of benzene rings is 1. The zero-order valence-corrected chi connectivity index (χ0v) is 17.5. The highest BCUT2D eigenvalue weighted by Crippen LogP contribution is 2.23. The normalized spacial score (nSPS) is 20.9. The van der Waals surface area contributed by atoms with Crippen LogP contribution in [-0.2, 0) is 4.79 Å². The maximum absolute atomic E-state index is 12.1. The van der Waals surface area contributed by atoms with Crippen LogP contribution in [0.2, 0.25) is 5.02 Å². The summed E-state index contributed by atoms with van der Waals surface area (Å²) >= 11 is 6.11. The zero-order valence-electron chi connectivity index (χ0n) is 16.7. The van der Waals surface area contributed by atoms with Crippen LogP contribution >= 0.6 is 11.6 Å². The molecule has 1 unspecified atom stereocenters. The smallest absolute Gasteiger partial charge is 0.221 e. The van der Waals surface area contributed by atoms with Gasteiger partial charge in [0.2, 0.25) is 5.91 Å². The van der Waals surface area contributed by atoms with E-state index in [1.54, 1.807) is 7.05 Å². The molecule has 1 saturated heterocycles. The lowest BCUT2D eigenvalue weighted by molar-refractivity contribution is -0.121. The summed E-state index contributed by atoms with van der Waals surface area (Å²) in [6.45, 7) is 2.48. The second-order valence-electron chi connectivity index (χ2n) is 7.71. The van der Waals surface area contributed by atoms with E-state index >= 15 is 0 Å². The van der Waals surface area contributed by atoms with Gasteiger partial charge in [0.05, 0.1) is 0 Å². The molecule has 1 aromatic rings. The Hall–Kier alpha value is -1.95. The lowest BCUT2D eigenvalue weighted by Gasteiger charge is -2.23. The van der Waals surface area contributed by atoms with Crippen LogP contribution in [0.25, 0.3) is 0 Å². The van der Waals surface area contributed by atoms with Crippen molar-refractivity contribution in [3.63, 3.8) is 0 Å². The maximum Gasteiger partial charge on any atom is 0.221 e. The van der Waals surface area contributed by atoms with Gasteiger partial charge in [0.25, 0.3) is 0 Å². The monoisotopic (exact) mass is 405 g/mol. The first-order chi connectivity index (χ1) is 13.6. The van der Waals surface area contributed by atoms with Crippen molar-refractivity contribution < 1.29 is 4.79 Å². The Balaban J connectivity index is 1.37. The molecule has 1 aliphatic heterocycles. The fourth-order valence-corrected chi connectivity index (χ4v) is 4.20. The minimum absolute atomic E-state index is 0.128. The van der Waals surface area contributed by atoms with Gasteiger partial charge >= 0.3 is 0 Å². The number of carbonyl (C=O) groups is 1. The van der Waals surface area contributed by atoms with Gasteiger partial charge in [0, 0.05) is 55.9 Å². The van der Waals surface area contributed by atoms with Gasteiger partial charge in [-0.25, -0.2) is 0 Å². The molecule has 0 radical (unpaired) electrons. The molecular weight excluding hydrogens is 374 g/mol. The van der Waals surface area contributed by atoms with E-state index in [1.807, 2.05) is 18.2 Å². The highest BCUT2D eigenvalue weighted by molar-refractivity contribution is 6.30. The molecule has 3 rings (SSSR count). The zero-order chi connectivity index (χ0) is 19.8. The van der Waals surface area contributed by atoms with Crippen molar-refractivity contribution >= 4 is 29.2 Å². The summed E-state index contributed by atoms with van der Waals surface area (Å²) in [6.07, 6.45) is 7.50. The molecule has 28 heavy (non-hydrogen) atoms. The summed E-state index contributed by atoms with van der Waals surface area (Å²) < 4.78 is 0. The summed E-state index contributed by atoms with van der Waals surface area (Å²) in [5.41, 5.74) is 1.15. The number of amides is 1. The Morgan fingerprint density at radius 2 is 2.00 bits per heavy atom. The average molecular weight is 406 g/mol. The predicted molar refractivity (Wildman–Crippen MR) is 116 cm³/mol. The van der Waals surface area contributed by atoms with Gasteiger partial charge in [-0.1, -0.05) is 36.9 Å². The molecule has 2 aliphatic rings. The van der Waals surface area contributed by atoms with Crippen LogP contribution < -0.4 is 20.9 Å². The van der Waals surface area contributed by atoms with Gasteiger partial charge in [-0.15, -0.1) is 0 Å². The van der Waals surface area contributed by atoms with E-state index in [0.717, 1.165) is 49.0 Å². The molecule has 7 heteroatoms. The van der Waals surface area contributed by atoms with Crippen LogP contribution in [0.3, 0.4) is 0 Å². The van der Waals surface area contributed by atoms with Gasteiger partial charge in [0.1, 0.15) is 0 Å². The average Bonchev–Trinajstić information content (AvgIpc) is 3.16. The van der Waals surface area contributed by atoms with Crippen molar-refractivity contribution in [2.45, 2.75) is 57.0 Å². The fourth-order valence-electron chi connectivity index (χ4n) is 4.01. The number of rotatable bonds is 6. The van der Waals surface area contributed by atoms with E-state index < -0.39 is 0 Å². The standard InChI is InChI=1S/C21H32ClN5O/c1-23-21(24-12-10-20(28)25-17-7-3-2-4-8-17)26-18-11-13-27(15-18)19-9-5-6-16(22)14-19/h5-6,9,14,17-18H,2-4,7-8,10-13,15H2,1H3,(H,25,28)(H2,23,24,26). The van der Waals surface area contributed by atoms with Crippen molar-refractivity contribution in [3.8, 4) is 0 Å². The van der Waals surface area contributed by atoms with Gasteiger partial charge in [0.15, 0.2) is 5.96 Å². The molecular formula is C21H32ClN5O. The van der Waals surface area contributed by atoms with Gasteiger partial charge in [-0.3, -0.25) is 9.79 Å². The van der Waals surface area contributed by atoms with Crippen molar-refractivity contribution in [3.05, 3.63) is 29.3 Å². The minimum Gasteiger partial charge on any atom is -0.369 e. The summed E-state index contributed by atoms with van der Waals surface area (Å²) in [5, 5.41) is 10.7. The summed E-state index contributed by atoms with van der Waals surface area (Å²) in [4.78, 5) is 18.8. The molecule has 1 atom stereocenters. The summed E-state index contributed by atoms with van der Waals surface area (Å²) in [6, 6.07) is 8.66. The Morgan fingerprint density at radius 1 is 1.18 bits per heavy atom. The fraction of sp³-hybridized carbons (Fsp3) is 0.619. The second-order valence-corrected chi connectivity index (χ2v) is 8.14. The topological polar surface area (TPSA) is 68.8 Å². The van der Waals surface area contributed by atoms with E-state index in [9.17, 15) is 4.79 Å². The third-order valence-electron chi connectivity index (χ3n) is 5.54. The van der Waals surface area contributed by atoms with Crippen molar-refractivity contribution in [2.75, 3.05) is 31.6 Å². The Morgan fingerprint density at radius 3 is 2.75 bits per heavy atom. The number of aliphatic imine (C=N–C) groups is 1. The van der Waals surface area contributed by atoms with E-state index in [2.05, 4.69) is 31.9 Å². The highest BCUT2D eigenvalue weighted by Gasteiger charge is 2.23. The lowest BCUT2D eigenvalue weighted by atomic mass is 9.95. The van der Waals surface area contributed by atoms with Crippen LogP contribution in [0.5, 0.6) is 0 Å². The van der Waals surface area contributed by atoms with Crippen molar-refractivity contribution in [2.24, 2.45) is 4.99 Å². The Labute approximate surface area is 173 Å². The van der Waals surface area contributed by atoms with Crippen LogP contribution in [0.1, 0.15) is 44.9 Å². The van der Waals surface area contributed by atoms with Gasteiger partial charge < -0.3 is 20.9 Å². The molecule has 1 amide bonds. The van der Waals surface area contributed by atoms with E-state index in [0.29, 0.717) is 25.0 Å². The van der Waals surface area contributed by atoms with Gasteiger partial charge in [-0.05, 0) is 37.5 Å². The molecule has 1 heterocycles. The molecule has 0 bridgehead atoms. The summed E-state index contributed by atoms with van der Waals surface area (Å²) in [7, 11) is 1.77. The molecule has 2 fully saturated rings. The SMILES string of the molecule is CN=C(NCCC(=O)NC1CCCCC1)NC1CCN(c2cccc(Cl)c2)C1. The van der Waals surface area contributed by atoms with Crippen LogP contribution in [0.4, 0.5) is 5.69 Å². The predicted octanol–water partition coefficient (Wildman–Crippen LogP) is 2.92. The third-order valence-corrected chi connectivity index (χ3v) is 5.78. The van der Waals surface area contributed by atoms with Crippen LogP contribution in [0, 0.1) is 0 Å². The Bertz CT molecular complexity index is 675. The first-order valence-corrected chi connectivity index (χ1v) is 10.8. The number of nitrogens with one attached hydrogen (secondary N) is 3. The van der Waals surface area contributed by atoms with Gasteiger partial charge in [-0.2, -0.15) is 0 Å². The Kier molecular flexibility index (Phi) is 7.83. The first kappa shape index (κ1) is 20.8. The number of carbonyl (C=O) groups excluding carboxylic acids is 1. The molecule has 6 nitrogen and oxygen atoms in total. The number of hydrogen-bond acceptors (Lipinski definition) is 3. The lowest BCUT2D eigenvalue weighted by Crippen LogP contribution is -2.46. The molecule has 0 aromatic heterocycles. The van der Waals surface area contributed by atoms with E-state index in [-0.39, 0.29) is 5.91 Å². The molecule has 1 saturated carbocycles. The number of hydrogen-bond donors (Lipinski definition) is 3. The number of halogens is 1. The second kappa shape index (κ2) is 10.6. The van der Waals surface area contributed by atoms with Crippen LogP contribution in [-0.4, -0.2) is 50.6 Å². The molecule has 154 valence electrons. The van der Waals surface area contributed by atoms with E-state index in [1.165, 1.54) is 19.3 Å². The number of nitrogens with zero attached hydrogens (tertiary/aromatic N) is 2. The first-order valence-electron chi connectivity index (χ1n) is 10.4. The molecule has 1 aromatic carbocycles. The highest BCUT2D eigenvalue weighted by atomic mass is 35.5. The number of anilines is 1. The van der Waals surface area contributed by atoms with Crippen LogP contribution in [0.15, 0.2) is 29.3 Å². The van der Waals surface area contributed by atoms with E-state index in [4.69, 9.17) is 11.6 Å². The molecule has 3 N–H and O–H groups in total. The van der Waals surface area contributed by atoms with Crippen molar-refractivity contribution in [1.29, 1.82) is 0 Å². The van der Waals surface area contributed by atoms with Crippen molar-refractivity contribution in [1.82, 2.24) is 16.0 Å². The quantitative estimate of drug-likeness (QED) is 0.502. The minimum atomic E-state index is 0.128. The maximum atomic E-state index is 12.1. The largest absolute Gasteiger partial charge is 0.369 e. The number of guanidine groups is 1. The molecule has 1 aliphatic carbocycles. The summed E-state index contributed by atoms with van der Waals surface area (Å²) in [5.74, 6) is 0.881. The third kappa shape index (κ3) is 6.30.